The van der Waals surface area contributed by atoms with Crippen molar-refractivity contribution in [2.75, 3.05) is 26.2 Å². The molecule has 0 unspecified atom stereocenters. The molecule has 3 aromatic rings. The third kappa shape index (κ3) is 5.88. The predicted molar refractivity (Wildman–Crippen MR) is 125 cm³/mol. The number of fused-ring (bicyclic) bond motifs is 1. The van der Waals surface area contributed by atoms with E-state index >= 15 is 0 Å². The number of rotatable bonds is 7. The van der Waals surface area contributed by atoms with Gasteiger partial charge in [-0.1, -0.05) is 41.4 Å². The van der Waals surface area contributed by atoms with Crippen molar-refractivity contribution < 1.29 is 9.53 Å². The number of para-hydroxylation sites is 1. The van der Waals surface area contributed by atoms with Crippen molar-refractivity contribution >= 4 is 40.0 Å². The smallest absolute Gasteiger partial charge is 0.252 e. The number of ether oxygens (including phenoxy) is 1. The second-order valence-corrected chi connectivity index (χ2v) is 8.58. The molecule has 0 saturated carbocycles. The van der Waals surface area contributed by atoms with Crippen molar-refractivity contribution in [1.29, 1.82) is 0 Å². The predicted octanol–water partition coefficient (Wildman–Crippen LogP) is 5.20. The van der Waals surface area contributed by atoms with Crippen LogP contribution in [0.15, 0.2) is 54.7 Å². The minimum absolute atomic E-state index is 0.0769. The Labute approximate surface area is 192 Å². The lowest BCUT2D eigenvalue weighted by atomic mass is 10.1. The molecule has 162 valence electrons. The van der Waals surface area contributed by atoms with Crippen molar-refractivity contribution in [3.05, 3.63) is 70.3 Å². The van der Waals surface area contributed by atoms with Crippen LogP contribution in [0, 0.1) is 0 Å². The maximum absolute atomic E-state index is 12.4. The lowest BCUT2D eigenvalue weighted by Crippen LogP contribution is -2.39. The Balaban J connectivity index is 1.16. The SMILES string of the molecule is O=C(NCCCN1CCC(Oc2ccc(Cl)c(Cl)c2)CC1)c1cnc2ccccc2c1. The van der Waals surface area contributed by atoms with Crippen LogP contribution in [-0.4, -0.2) is 48.1 Å². The van der Waals surface area contributed by atoms with Crippen LogP contribution < -0.4 is 10.1 Å². The van der Waals surface area contributed by atoms with Gasteiger partial charge in [-0.2, -0.15) is 0 Å². The fraction of sp³-hybridized carbons (Fsp3) is 0.333. The van der Waals surface area contributed by atoms with Crippen LogP contribution in [0.1, 0.15) is 29.6 Å². The van der Waals surface area contributed by atoms with Crippen LogP contribution in [-0.2, 0) is 0 Å². The van der Waals surface area contributed by atoms with Gasteiger partial charge in [0.2, 0.25) is 0 Å². The number of piperidine rings is 1. The first-order chi connectivity index (χ1) is 15.1. The van der Waals surface area contributed by atoms with Crippen LogP contribution >= 0.6 is 23.2 Å². The van der Waals surface area contributed by atoms with Crippen molar-refractivity contribution in [2.45, 2.75) is 25.4 Å². The van der Waals surface area contributed by atoms with Crippen LogP contribution in [0.3, 0.4) is 0 Å². The summed E-state index contributed by atoms with van der Waals surface area (Å²) >= 11 is 12.0. The van der Waals surface area contributed by atoms with Gasteiger partial charge in [0.05, 0.1) is 21.1 Å². The van der Waals surface area contributed by atoms with Gasteiger partial charge in [-0.3, -0.25) is 9.78 Å². The highest BCUT2D eigenvalue weighted by molar-refractivity contribution is 6.42. The Morgan fingerprint density at radius 2 is 1.90 bits per heavy atom. The summed E-state index contributed by atoms with van der Waals surface area (Å²) in [5, 5.41) is 5.02. The average Bonchev–Trinajstić information content (AvgIpc) is 2.80. The van der Waals surface area contributed by atoms with E-state index in [4.69, 9.17) is 27.9 Å². The molecule has 1 aliphatic heterocycles. The zero-order valence-electron chi connectivity index (χ0n) is 17.2. The largest absolute Gasteiger partial charge is 0.490 e. The number of benzene rings is 2. The molecule has 1 aromatic heterocycles. The molecule has 1 amide bonds. The van der Waals surface area contributed by atoms with Gasteiger partial charge in [0, 0.05) is 37.3 Å². The topological polar surface area (TPSA) is 54.5 Å². The molecule has 1 saturated heterocycles. The normalized spacial score (nSPS) is 15.2. The van der Waals surface area contributed by atoms with Crippen molar-refractivity contribution in [2.24, 2.45) is 0 Å². The number of carbonyl (C=O) groups excluding carboxylic acids is 1. The van der Waals surface area contributed by atoms with Gasteiger partial charge in [-0.05, 0) is 50.1 Å². The third-order valence-corrected chi connectivity index (χ3v) is 6.26. The zero-order chi connectivity index (χ0) is 21.6. The number of nitrogens with one attached hydrogen (secondary N) is 1. The molecule has 0 aliphatic carbocycles. The molecule has 4 rings (SSSR count). The number of carbonyl (C=O) groups is 1. The number of likely N-dealkylation sites (tertiary alicyclic amines) is 1. The number of hydrogen-bond donors (Lipinski definition) is 1. The number of hydrogen-bond acceptors (Lipinski definition) is 4. The van der Waals surface area contributed by atoms with Crippen LogP contribution in [0.25, 0.3) is 10.9 Å². The van der Waals surface area contributed by atoms with Gasteiger partial charge >= 0.3 is 0 Å². The Kier molecular flexibility index (Phi) is 7.28. The fourth-order valence-corrected chi connectivity index (χ4v) is 4.08. The summed E-state index contributed by atoms with van der Waals surface area (Å²) < 4.78 is 6.04. The van der Waals surface area contributed by atoms with Crippen molar-refractivity contribution in [1.82, 2.24) is 15.2 Å². The quantitative estimate of drug-likeness (QED) is 0.495. The molecule has 0 radical (unpaired) electrons. The maximum Gasteiger partial charge on any atom is 0.252 e. The number of halogens is 2. The molecule has 31 heavy (non-hydrogen) atoms. The average molecular weight is 458 g/mol. The molecule has 5 nitrogen and oxygen atoms in total. The number of amides is 1. The van der Waals surface area contributed by atoms with E-state index in [1.54, 1.807) is 18.3 Å². The second kappa shape index (κ2) is 10.3. The lowest BCUT2D eigenvalue weighted by molar-refractivity contribution is 0.0935. The Morgan fingerprint density at radius 3 is 2.71 bits per heavy atom. The summed E-state index contributed by atoms with van der Waals surface area (Å²) in [6, 6.07) is 15.1. The van der Waals surface area contributed by atoms with Gasteiger partial charge < -0.3 is 15.0 Å². The zero-order valence-corrected chi connectivity index (χ0v) is 18.7. The summed E-state index contributed by atoms with van der Waals surface area (Å²) in [6.07, 6.45) is 4.67. The maximum atomic E-state index is 12.4. The molecule has 0 bridgehead atoms. The van der Waals surface area contributed by atoms with Crippen molar-refractivity contribution in [3.63, 3.8) is 0 Å². The van der Waals surface area contributed by atoms with Gasteiger partial charge in [0.25, 0.3) is 5.91 Å². The van der Waals surface area contributed by atoms with E-state index in [1.807, 2.05) is 36.4 Å². The van der Waals surface area contributed by atoms with E-state index in [2.05, 4.69) is 15.2 Å². The second-order valence-electron chi connectivity index (χ2n) is 7.76. The number of pyridine rings is 1. The summed E-state index contributed by atoms with van der Waals surface area (Å²) in [6.45, 7) is 3.56. The number of nitrogens with zero attached hydrogens (tertiary/aromatic N) is 2. The summed E-state index contributed by atoms with van der Waals surface area (Å²) in [5.74, 6) is 0.686. The first-order valence-electron chi connectivity index (χ1n) is 10.6. The standard InChI is InChI=1S/C24H25Cl2N3O2/c25-21-7-6-20(15-22(21)26)31-19-8-12-29(13-9-19)11-3-10-27-24(30)18-14-17-4-1-2-5-23(17)28-16-18/h1-2,4-7,14-16,19H,3,8-13H2,(H,27,30). The van der Waals surface area contributed by atoms with Crippen LogP contribution in [0.4, 0.5) is 0 Å². The van der Waals surface area contributed by atoms with E-state index in [1.165, 1.54) is 0 Å². The minimum atomic E-state index is -0.0769. The number of aromatic nitrogens is 1. The van der Waals surface area contributed by atoms with Gasteiger partial charge in [-0.15, -0.1) is 0 Å². The highest BCUT2D eigenvalue weighted by Gasteiger charge is 2.20. The van der Waals surface area contributed by atoms with Gasteiger partial charge in [0.15, 0.2) is 0 Å². The molecule has 2 heterocycles. The van der Waals surface area contributed by atoms with Crippen molar-refractivity contribution in [3.8, 4) is 5.75 Å². The monoisotopic (exact) mass is 457 g/mol. The fourth-order valence-electron chi connectivity index (χ4n) is 3.80. The minimum Gasteiger partial charge on any atom is -0.490 e. The molecule has 2 aromatic carbocycles. The molecule has 0 atom stereocenters. The molecule has 7 heteroatoms. The molecular weight excluding hydrogens is 433 g/mol. The summed E-state index contributed by atoms with van der Waals surface area (Å²) in [4.78, 5) is 19.2. The van der Waals surface area contributed by atoms with E-state index in [-0.39, 0.29) is 12.0 Å². The van der Waals surface area contributed by atoms with E-state index in [0.717, 1.165) is 55.5 Å². The van der Waals surface area contributed by atoms with Crippen LogP contribution in [0.5, 0.6) is 5.75 Å². The van der Waals surface area contributed by atoms with E-state index < -0.39 is 0 Å². The molecule has 1 fully saturated rings. The van der Waals surface area contributed by atoms with Gasteiger partial charge in [0.1, 0.15) is 11.9 Å². The van der Waals surface area contributed by atoms with E-state index in [0.29, 0.717) is 22.2 Å². The van der Waals surface area contributed by atoms with Gasteiger partial charge in [-0.25, -0.2) is 0 Å². The Bertz CT molecular complexity index is 1050. The molecule has 1 aliphatic rings. The molecule has 1 N–H and O–H groups in total. The Hall–Kier alpha value is -2.34. The highest BCUT2D eigenvalue weighted by Crippen LogP contribution is 2.28. The lowest BCUT2D eigenvalue weighted by Gasteiger charge is -2.32. The first kappa shape index (κ1) is 21.9. The summed E-state index contributed by atoms with van der Waals surface area (Å²) in [5.41, 5.74) is 1.49. The summed E-state index contributed by atoms with van der Waals surface area (Å²) in [7, 11) is 0. The first-order valence-corrected chi connectivity index (χ1v) is 11.3. The third-order valence-electron chi connectivity index (χ3n) is 5.52. The molecule has 0 spiro atoms. The highest BCUT2D eigenvalue weighted by atomic mass is 35.5. The Morgan fingerprint density at radius 1 is 1.10 bits per heavy atom. The molecular formula is C24H25Cl2N3O2. The van der Waals surface area contributed by atoms with E-state index in [9.17, 15) is 4.79 Å². The van der Waals surface area contributed by atoms with Crippen LogP contribution in [0.2, 0.25) is 10.0 Å².